The van der Waals surface area contributed by atoms with Gasteiger partial charge in [-0.15, -0.1) is 0 Å². The number of amides is 1. The van der Waals surface area contributed by atoms with Crippen LogP contribution in [0.4, 0.5) is 4.79 Å². The molecule has 23 heavy (non-hydrogen) atoms. The molecule has 0 bridgehead atoms. The minimum Gasteiger partial charge on any atom is -0.444 e. The maximum absolute atomic E-state index is 11.9. The molecule has 1 amide bonds. The third kappa shape index (κ3) is 5.87. The van der Waals surface area contributed by atoms with Crippen LogP contribution in [-0.4, -0.2) is 30.3 Å². The van der Waals surface area contributed by atoms with Crippen molar-refractivity contribution < 1.29 is 9.53 Å². The highest BCUT2D eigenvalue weighted by Crippen LogP contribution is 2.21. The number of ether oxygens (including phenoxy) is 1. The van der Waals surface area contributed by atoms with Crippen LogP contribution < -0.4 is 10.6 Å². The van der Waals surface area contributed by atoms with E-state index < -0.39 is 5.60 Å². The van der Waals surface area contributed by atoms with Crippen molar-refractivity contribution in [2.45, 2.75) is 71.1 Å². The van der Waals surface area contributed by atoms with Gasteiger partial charge in [-0.05, 0) is 57.6 Å². The molecule has 0 spiro atoms. The van der Waals surface area contributed by atoms with Crippen molar-refractivity contribution in [1.82, 2.24) is 10.6 Å². The fraction of sp³-hybridized carbons (Fsp3) is 0.632. The molecule has 1 aliphatic rings. The topological polar surface area (TPSA) is 50.4 Å². The van der Waals surface area contributed by atoms with Crippen molar-refractivity contribution in [3.8, 4) is 0 Å². The van der Waals surface area contributed by atoms with E-state index in [1.165, 1.54) is 11.1 Å². The highest BCUT2D eigenvalue weighted by Gasteiger charge is 2.21. The van der Waals surface area contributed by atoms with Gasteiger partial charge in [0.15, 0.2) is 0 Å². The van der Waals surface area contributed by atoms with Crippen molar-refractivity contribution in [2.24, 2.45) is 0 Å². The highest BCUT2D eigenvalue weighted by molar-refractivity contribution is 5.68. The van der Waals surface area contributed by atoms with Crippen LogP contribution in [0.15, 0.2) is 24.3 Å². The van der Waals surface area contributed by atoms with Gasteiger partial charge >= 0.3 is 6.09 Å². The summed E-state index contributed by atoms with van der Waals surface area (Å²) in [5, 5.41) is 6.57. The largest absolute Gasteiger partial charge is 0.444 e. The molecule has 0 aromatic heterocycles. The zero-order valence-corrected chi connectivity index (χ0v) is 14.8. The molecule has 2 atom stereocenters. The Hall–Kier alpha value is -1.55. The monoisotopic (exact) mass is 318 g/mol. The van der Waals surface area contributed by atoms with E-state index >= 15 is 0 Å². The van der Waals surface area contributed by atoms with Crippen LogP contribution in [0.5, 0.6) is 0 Å². The molecule has 0 saturated heterocycles. The van der Waals surface area contributed by atoms with Gasteiger partial charge in [0.2, 0.25) is 0 Å². The average Bonchev–Trinajstić information content (AvgIpc) is 2.49. The van der Waals surface area contributed by atoms with Crippen LogP contribution >= 0.6 is 0 Å². The smallest absolute Gasteiger partial charge is 0.407 e. The van der Waals surface area contributed by atoms with E-state index in [0.717, 1.165) is 32.2 Å². The Kier molecular flexibility index (Phi) is 6.05. The van der Waals surface area contributed by atoms with Gasteiger partial charge in [-0.25, -0.2) is 4.79 Å². The van der Waals surface area contributed by atoms with Gasteiger partial charge in [-0.2, -0.15) is 0 Å². The second-order valence-electron chi connectivity index (χ2n) is 7.37. The summed E-state index contributed by atoms with van der Waals surface area (Å²) in [6.07, 6.45) is 3.90. The van der Waals surface area contributed by atoms with Crippen LogP contribution in [0.2, 0.25) is 0 Å². The number of hydrogen-bond donors (Lipinski definition) is 2. The van der Waals surface area contributed by atoms with Crippen molar-refractivity contribution >= 4 is 6.09 Å². The summed E-state index contributed by atoms with van der Waals surface area (Å²) in [4.78, 5) is 11.9. The van der Waals surface area contributed by atoms with Crippen molar-refractivity contribution in [2.75, 3.05) is 6.54 Å². The first kappa shape index (κ1) is 17.8. The summed E-state index contributed by atoms with van der Waals surface area (Å²) in [5.41, 5.74) is 2.47. The van der Waals surface area contributed by atoms with E-state index in [2.05, 4.69) is 41.8 Å². The molecular weight excluding hydrogens is 288 g/mol. The standard InChI is InChI=1S/C19H30N2O2/c1-5-16(21-18(22)23-19(2,3)4)13-20-17-11-10-14-8-6-7-9-15(14)12-17/h6-9,16-17,20H,5,10-13H2,1-4H3,(H,21,22). The van der Waals surface area contributed by atoms with E-state index in [0.29, 0.717) is 6.04 Å². The number of carbonyl (C=O) groups excluding carboxylic acids is 1. The first-order valence-electron chi connectivity index (χ1n) is 8.67. The SMILES string of the molecule is CCC(CNC1CCc2ccccc2C1)NC(=O)OC(C)(C)C. The van der Waals surface area contributed by atoms with E-state index in [4.69, 9.17) is 4.74 Å². The second kappa shape index (κ2) is 7.82. The number of nitrogens with one attached hydrogen (secondary N) is 2. The number of hydrogen-bond acceptors (Lipinski definition) is 3. The first-order valence-corrected chi connectivity index (χ1v) is 8.67. The molecule has 1 aliphatic carbocycles. The predicted molar refractivity (Wildman–Crippen MR) is 93.7 cm³/mol. The summed E-state index contributed by atoms with van der Waals surface area (Å²) >= 11 is 0. The van der Waals surface area contributed by atoms with Crippen molar-refractivity contribution in [3.05, 3.63) is 35.4 Å². The molecule has 0 aliphatic heterocycles. The highest BCUT2D eigenvalue weighted by atomic mass is 16.6. The molecule has 1 aromatic rings. The summed E-state index contributed by atoms with van der Waals surface area (Å²) in [6.45, 7) is 8.50. The van der Waals surface area contributed by atoms with Crippen LogP contribution in [0, 0.1) is 0 Å². The van der Waals surface area contributed by atoms with Gasteiger partial charge in [-0.3, -0.25) is 0 Å². The Morgan fingerprint density at radius 2 is 2.00 bits per heavy atom. The van der Waals surface area contributed by atoms with Crippen molar-refractivity contribution in [1.29, 1.82) is 0 Å². The predicted octanol–water partition coefficient (Wildman–Crippen LogP) is 3.44. The molecule has 4 nitrogen and oxygen atoms in total. The summed E-state index contributed by atoms with van der Waals surface area (Å²) in [7, 11) is 0. The molecule has 0 heterocycles. The van der Waals surface area contributed by atoms with Crippen LogP contribution in [0.25, 0.3) is 0 Å². The Morgan fingerprint density at radius 3 is 2.65 bits per heavy atom. The Morgan fingerprint density at radius 1 is 1.30 bits per heavy atom. The number of fused-ring (bicyclic) bond motifs is 1. The normalized spacial score (nSPS) is 18.9. The fourth-order valence-corrected chi connectivity index (χ4v) is 2.95. The molecular formula is C19H30N2O2. The Balaban J connectivity index is 1.79. The summed E-state index contributed by atoms with van der Waals surface area (Å²) < 4.78 is 5.33. The number of rotatable bonds is 5. The fourth-order valence-electron chi connectivity index (χ4n) is 2.95. The first-order chi connectivity index (χ1) is 10.9. The summed E-state index contributed by atoms with van der Waals surface area (Å²) in [5.74, 6) is 0. The maximum Gasteiger partial charge on any atom is 0.407 e. The zero-order chi connectivity index (χ0) is 16.9. The van der Waals surface area contributed by atoms with Crippen LogP contribution in [0.1, 0.15) is 51.7 Å². The number of benzene rings is 1. The number of alkyl carbamates (subject to hydrolysis) is 1. The van der Waals surface area contributed by atoms with Crippen molar-refractivity contribution in [3.63, 3.8) is 0 Å². The maximum atomic E-state index is 11.9. The molecule has 128 valence electrons. The Labute approximate surface area is 140 Å². The van der Waals surface area contributed by atoms with E-state index in [1.807, 2.05) is 20.8 Å². The lowest BCUT2D eigenvalue weighted by molar-refractivity contribution is 0.0501. The average molecular weight is 318 g/mol. The van der Waals surface area contributed by atoms with Gasteiger partial charge in [-0.1, -0.05) is 31.2 Å². The molecule has 4 heteroatoms. The second-order valence-corrected chi connectivity index (χ2v) is 7.37. The molecule has 1 aromatic carbocycles. The molecule has 0 radical (unpaired) electrons. The van der Waals surface area contributed by atoms with Gasteiger partial charge < -0.3 is 15.4 Å². The molecule has 2 unspecified atom stereocenters. The number of carbonyl (C=O) groups is 1. The lowest BCUT2D eigenvalue weighted by Gasteiger charge is -2.28. The quantitative estimate of drug-likeness (QED) is 0.874. The summed E-state index contributed by atoms with van der Waals surface area (Å²) in [6, 6.07) is 9.26. The third-order valence-corrected chi connectivity index (χ3v) is 4.21. The molecule has 0 saturated carbocycles. The minimum atomic E-state index is -0.455. The molecule has 2 rings (SSSR count). The van der Waals surface area contributed by atoms with E-state index in [9.17, 15) is 4.79 Å². The van der Waals surface area contributed by atoms with Gasteiger partial charge in [0.05, 0.1) is 0 Å². The Bertz CT molecular complexity index is 522. The third-order valence-electron chi connectivity index (χ3n) is 4.21. The molecule has 0 fully saturated rings. The van der Waals surface area contributed by atoms with E-state index in [1.54, 1.807) is 0 Å². The van der Waals surface area contributed by atoms with Gasteiger partial charge in [0.1, 0.15) is 5.60 Å². The zero-order valence-electron chi connectivity index (χ0n) is 14.8. The minimum absolute atomic E-state index is 0.0991. The van der Waals surface area contributed by atoms with Gasteiger partial charge in [0, 0.05) is 18.6 Å². The van der Waals surface area contributed by atoms with Gasteiger partial charge in [0.25, 0.3) is 0 Å². The lowest BCUT2D eigenvalue weighted by atomic mass is 9.88. The van der Waals surface area contributed by atoms with Crippen LogP contribution in [0.3, 0.4) is 0 Å². The van der Waals surface area contributed by atoms with E-state index in [-0.39, 0.29) is 12.1 Å². The lowest BCUT2D eigenvalue weighted by Crippen LogP contribution is -2.47. The number of aryl methyl sites for hydroxylation is 1. The van der Waals surface area contributed by atoms with Crippen LogP contribution in [-0.2, 0) is 17.6 Å². The molecule has 2 N–H and O–H groups in total.